The summed E-state index contributed by atoms with van der Waals surface area (Å²) in [5.41, 5.74) is 4.64. The summed E-state index contributed by atoms with van der Waals surface area (Å²) < 4.78 is 15.6. The molecule has 0 aliphatic carbocycles. The topological polar surface area (TPSA) is 75.4 Å². The normalized spacial score (nSPS) is 15.3. The van der Waals surface area contributed by atoms with E-state index in [4.69, 9.17) is 4.98 Å². The minimum absolute atomic E-state index is 0.133. The van der Waals surface area contributed by atoms with Crippen molar-refractivity contribution in [3.8, 4) is 0 Å². The third-order valence-corrected chi connectivity index (χ3v) is 6.74. The lowest BCUT2D eigenvalue weighted by atomic mass is 9.91. The Morgan fingerprint density at radius 2 is 1.94 bits per heavy atom. The Morgan fingerprint density at radius 3 is 2.66 bits per heavy atom. The highest BCUT2D eigenvalue weighted by atomic mass is 19.1. The monoisotopic (exact) mass is 472 g/mol. The van der Waals surface area contributed by atoms with Crippen molar-refractivity contribution in [3.05, 3.63) is 89.5 Å². The molecule has 180 valence electrons. The largest absolute Gasteiger partial charge is 0.366 e. The van der Waals surface area contributed by atoms with Crippen molar-refractivity contribution >= 4 is 17.4 Å². The lowest BCUT2D eigenvalue weighted by Crippen LogP contribution is -2.41. The number of amides is 1. The number of carbonyl (C=O) groups is 1. The molecule has 0 saturated carbocycles. The number of nitrogens with zero attached hydrogens (tertiary/aromatic N) is 5. The Balaban J connectivity index is 1.31. The predicted octanol–water partition coefficient (Wildman–Crippen LogP) is 4.50. The molecule has 35 heavy (non-hydrogen) atoms. The van der Waals surface area contributed by atoms with Gasteiger partial charge in [-0.15, -0.1) is 0 Å². The van der Waals surface area contributed by atoms with E-state index in [1.54, 1.807) is 11.1 Å². The zero-order valence-corrected chi connectivity index (χ0v) is 19.8. The number of likely N-dealkylation sites (tertiary alicyclic amines) is 1. The molecule has 1 aliphatic heterocycles. The van der Waals surface area contributed by atoms with E-state index in [1.165, 1.54) is 0 Å². The number of nitrogens with one attached hydrogen (secondary N) is 1. The van der Waals surface area contributed by atoms with E-state index in [0.29, 0.717) is 19.6 Å². The molecule has 1 atom stereocenters. The molecular weight excluding hydrogens is 443 g/mol. The molecular formula is C27H29FN6O. The van der Waals surface area contributed by atoms with Gasteiger partial charge < -0.3 is 10.2 Å². The van der Waals surface area contributed by atoms with Crippen LogP contribution in [-0.2, 0) is 11.3 Å². The van der Waals surface area contributed by atoms with Gasteiger partial charge in [-0.3, -0.25) is 9.78 Å². The summed E-state index contributed by atoms with van der Waals surface area (Å²) in [6, 6.07) is 15.2. The van der Waals surface area contributed by atoms with Crippen LogP contribution in [0, 0.1) is 6.92 Å². The molecule has 4 aromatic rings. The highest BCUT2D eigenvalue weighted by molar-refractivity contribution is 5.84. The second-order valence-electron chi connectivity index (χ2n) is 9.06. The number of aromatic nitrogens is 4. The van der Waals surface area contributed by atoms with Crippen LogP contribution in [0.4, 0.5) is 10.2 Å². The molecule has 1 unspecified atom stereocenters. The van der Waals surface area contributed by atoms with E-state index >= 15 is 0 Å². The Labute approximate surface area is 204 Å². The lowest BCUT2D eigenvalue weighted by molar-refractivity contribution is -0.134. The smallest absolute Gasteiger partial charge is 0.232 e. The molecule has 4 heterocycles. The zero-order chi connectivity index (χ0) is 24.2. The minimum Gasteiger partial charge on any atom is -0.366 e. The van der Waals surface area contributed by atoms with Crippen LogP contribution < -0.4 is 5.32 Å². The first-order valence-corrected chi connectivity index (χ1v) is 12.0. The number of piperidine rings is 1. The first kappa shape index (κ1) is 23.0. The van der Waals surface area contributed by atoms with Gasteiger partial charge in [0.1, 0.15) is 12.5 Å². The second-order valence-corrected chi connectivity index (χ2v) is 9.06. The third kappa shape index (κ3) is 4.87. The molecule has 7 nitrogen and oxygen atoms in total. The standard InChI is InChI=1S/C27H29FN6O/c1-19-16-31-34-25(30-18-20-6-5-11-29-17-20)14-24(32-26(19)34)22-9-12-33(13-10-22)27(35)23(15-28)21-7-3-2-4-8-21/h2-8,11,14,16-17,22-23,30H,9-10,12-13,15,18H2,1H3. The molecule has 5 rings (SSSR count). The van der Waals surface area contributed by atoms with Crippen LogP contribution in [0.2, 0.25) is 0 Å². The van der Waals surface area contributed by atoms with E-state index in [2.05, 4.69) is 21.5 Å². The maximum absolute atomic E-state index is 13.8. The molecule has 1 fully saturated rings. The molecule has 1 amide bonds. The predicted molar refractivity (Wildman–Crippen MR) is 133 cm³/mol. The molecule has 8 heteroatoms. The molecule has 1 N–H and O–H groups in total. The maximum atomic E-state index is 13.8. The van der Waals surface area contributed by atoms with E-state index in [9.17, 15) is 9.18 Å². The fraction of sp³-hybridized carbons (Fsp3) is 0.333. The third-order valence-electron chi connectivity index (χ3n) is 6.74. The van der Waals surface area contributed by atoms with Gasteiger partial charge in [-0.25, -0.2) is 9.37 Å². The first-order chi connectivity index (χ1) is 17.1. The quantitative estimate of drug-likeness (QED) is 0.429. The fourth-order valence-electron chi connectivity index (χ4n) is 4.72. The van der Waals surface area contributed by atoms with Gasteiger partial charge in [-0.2, -0.15) is 9.61 Å². The average molecular weight is 473 g/mol. The van der Waals surface area contributed by atoms with E-state index in [1.807, 2.05) is 66.3 Å². The zero-order valence-electron chi connectivity index (χ0n) is 19.8. The van der Waals surface area contributed by atoms with Crippen LogP contribution in [0.3, 0.4) is 0 Å². The molecule has 0 spiro atoms. The summed E-state index contributed by atoms with van der Waals surface area (Å²) in [5.74, 6) is 0.228. The van der Waals surface area contributed by atoms with Gasteiger partial charge in [0.15, 0.2) is 5.65 Å². The van der Waals surface area contributed by atoms with Gasteiger partial charge in [-0.1, -0.05) is 36.4 Å². The van der Waals surface area contributed by atoms with Crippen LogP contribution in [0.1, 0.15) is 47.1 Å². The summed E-state index contributed by atoms with van der Waals surface area (Å²) >= 11 is 0. The summed E-state index contributed by atoms with van der Waals surface area (Å²) in [6.45, 7) is 3.13. The van der Waals surface area contributed by atoms with Crippen LogP contribution in [-0.4, -0.2) is 50.2 Å². The average Bonchev–Trinajstić information content (AvgIpc) is 3.29. The van der Waals surface area contributed by atoms with Gasteiger partial charge in [0.05, 0.1) is 12.1 Å². The van der Waals surface area contributed by atoms with Gasteiger partial charge >= 0.3 is 0 Å². The summed E-state index contributed by atoms with van der Waals surface area (Å²) in [4.78, 5) is 24.0. The Morgan fingerprint density at radius 1 is 1.14 bits per heavy atom. The van der Waals surface area contributed by atoms with Crippen LogP contribution in [0.15, 0.2) is 67.1 Å². The van der Waals surface area contributed by atoms with Gasteiger partial charge in [0.25, 0.3) is 0 Å². The number of halogens is 1. The van der Waals surface area contributed by atoms with E-state index in [0.717, 1.165) is 46.7 Å². The fourth-order valence-corrected chi connectivity index (χ4v) is 4.72. The molecule has 0 radical (unpaired) electrons. The SMILES string of the molecule is Cc1cnn2c(NCc3cccnc3)cc(C3CCN(C(=O)C(CF)c4ccccc4)CC3)nc12. The second kappa shape index (κ2) is 10.2. The Kier molecular flexibility index (Phi) is 6.70. The van der Waals surface area contributed by atoms with Crippen molar-refractivity contribution in [2.24, 2.45) is 0 Å². The lowest BCUT2D eigenvalue weighted by Gasteiger charge is -2.34. The van der Waals surface area contributed by atoms with Crippen LogP contribution in [0.25, 0.3) is 5.65 Å². The van der Waals surface area contributed by atoms with Crippen molar-refractivity contribution in [1.82, 2.24) is 24.5 Å². The van der Waals surface area contributed by atoms with Gasteiger partial charge in [-0.05, 0) is 37.0 Å². The maximum Gasteiger partial charge on any atom is 0.232 e. The summed E-state index contributed by atoms with van der Waals surface area (Å²) in [5, 5.41) is 7.98. The molecule has 1 aromatic carbocycles. The number of pyridine rings is 1. The van der Waals surface area contributed by atoms with Crippen LogP contribution >= 0.6 is 0 Å². The number of hydrogen-bond acceptors (Lipinski definition) is 5. The van der Waals surface area contributed by atoms with E-state index in [-0.39, 0.29) is 11.8 Å². The van der Waals surface area contributed by atoms with E-state index < -0.39 is 12.6 Å². The van der Waals surface area contributed by atoms with Gasteiger partial charge in [0, 0.05) is 55.3 Å². The molecule has 1 aliphatic rings. The van der Waals surface area contributed by atoms with Crippen molar-refractivity contribution in [1.29, 1.82) is 0 Å². The van der Waals surface area contributed by atoms with Crippen molar-refractivity contribution in [3.63, 3.8) is 0 Å². The summed E-state index contributed by atoms with van der Waals surface area (Å²) in [7, 11) is 0. The number of fused-ring (bicyclic) bond motifs is 1. The highest BCUT2D eigenvalue weighted by Gasteiger charge is 2.30. The Hall–Kier alpha value is -3.81. The Bertz CT molecular complexity index is 1290. The van der Waals surface area contributed by atoms with Crippen molar-refractivity contribution in [2.45, 2.75) is 38.1 Å². The highest BCUT2D eigenvalue weighted by Crippen LogP contribution is 2.31. The number of hydrogen-bond donors (Lipinski definition) is 1. The molecule has 1 saturated heterocycles. The minimum atomic E-state index is -0.736. The first-order valence-electron chi connectivity index (χ1n) is 12.0. The number of anilines is 1. The van der Waals surface area contributed by atoms with Crippen molar-refractivity contribution in [2.75, 3.05) is 25.1 Å². The van der Waals surface area contributed by atoms with Crippen LogP contribution in [0.5, 0.6) is 0 Å². The number of benzene rings is 1. The number of alkyl halides is 1. The number of rotatable bonds is 7. The van der Waals surface area contributed by atoms with Crippen molar-refractivity contribution < 1.29 is 9.18 Å². The molecule has 3 aromatic heterocycles. The van der Waals surface area contributed by atoms with Gasteiger partial charge in [0.2, 0.25) is 5.91 Å². The number of aryl methyl sites for hydroxylation is 1. The molecule has 0 bridgehead atoms. The number of carbonyl (C=O) groups excluding carboxylic acids is 1. The summed E-state index contributed by atoms with van der Waals surface area (Å²) in [6.07, 6.45) is 7.00.